The number of hydrogen-bond donors (Lipinski definition) is 1. The number of nitrogens with zero attached hydrogens (tertiary/aromatic N) is 6. The van der Waals surface area contributed by atoms with E-state index in [1.807, 2.05) is 0 Å². The van der Waals surface area contributed by atoms with Crippen LogP contribution in [-0.4, -0.2) is 78.3 Å². The summed E-state index contributed by atoms with van der Waals surface area (Å²) in [5, 5.41) is 21.2. The number of piperazine rings is 1. The van der Waals surface area contributed by atoms with Crippen LogP contribution in [0.25, 0.3) is 0 Å². The molecule has 0 saturated carbocycles. The van der Waals surface area contributed by atoms with E-state index in [1.54, 1.807) is 20.8 Å². The molecule has 0 atom stereocenters. The van der Waals surface area contributed by atoms with E-state index >= 15 is 0 Å². The van der Waals surface area contributed by atoms with Crippen LogP contribution in [0.15, 0.2) is 24.3 Å². The van der Waals surface area contributed by atoms with Gasteiger partial charge in [-0.25, -0.2) is 4.79 Å². The fraction of sp³-hybridized carbons (Fsp3) is 0.478. The largest absolute Gasteiger partial charge is 0.481 e. The van der Waals surface area contributed by atoms with Gasteiger partial charge >= 0.3 is 23.8 Å². The molecular formula is C23H25F3N6O6. The molecule has 0 radical (unpaired) electrons. The van der Waals surface area contributed by atoms with E-state index in [4.69, 9.17) is 4.74 Å². The molecule has 0 amide bonds. The van der Waals surface area contributed by atoms with Crippen molar-refractivity contribution >= 4 is 35.1 Å². The smallest absolute Gasteiger partial charge is 0.416 e. The lowest BCUT2D eigenvalue weighted by molar-refractivity contribution is -0.385. The van der Waals surface area contributed by atoms with Gasteiger partial charge < -0.3 is 24.5 Å². The van der Waals surface area contributed by atoms with Crippen LogP contribution in [0.3, 0.4) is 0 Å². The molecule has 1 N–H and O–H groups in total. The highest BCUT2D eigenvalue weighted by molar-refractivity contribution is 5.94. The molecule has 38 heavy (non-hydrogen) atoms. The molecule has 2 aromatic rings. The van der Waals surface area contributed by atoms with E-state index < -0.39 is 45.9 Å². The van der Waals surface area contributed by atoms with Crippen molar-refractivity contribution in [2.75, 3.05) is 61.1 Å². The second-order valence-electron chi connectivity index (χ2n) is 8.91. The van der Waals surface area contributed by atoms with Crippen LogP contribution in [0.5, 0.6) is 0 Å². The fourth-order valence-corrected chi connectivity index (χ4v) is 4.58. The highest BCUT2D eigenvalue weighted by Gasteiger charge is 2.37. The number of aliphatic carboxylic acids is 1. The summed E-state index contributed by atoms with van der Waals surface area (Å²) in [7, 11) is 1.07. The zero-order valence-electron chi connectivity index (χ0n) is 20.3. The Bertz CT molecular complexity index is 1230. The summed E-state index contributed by atoms with van der Waals surface area (Å²) in [6, 6.07) is 5.00. The molecule has 2 saturated heterocycles. The van der Waals surface area contributed by atoms with Gasteiger partial charge in [-0.2, -0.15) is 23.1 Å². The average Bonchev–Trinajstić information content (AvgIpc) is 2.91. The number of carboxylic acids is 1. The van der Waals surface area contributed by atoms with Gasteiger partial charge in [-0.1, -0.05) is 6.07 Å². The second-order valence-corrected chi connectivity index (χ2v) is 8.91. The van der Waals surface area contributed by atoms with E-state index in [-0.39, 0.29) is 50.8 Å². The Labute approximate surface area is 214 Å². The van der Waals surface area contributed by atoms with Crippen molar-refractivity contribution < 1.29 is 37.5 Å². The van der Waals surface area contributed by atoms with Crippen LogP contribution in [0.4, 0.5) is 36.3 Å². The number of halogens is 3. The molecule has 0 aliphatic carbocycles. The van der Waals surface area contributed by atoms with Gasteiger partial charge in [0.1, 0.15) is 0 Å². The third-order valence-electron chi connectivity index (χ3n) is 6.66. The van der Waals surface area contributed by atoms with Crippen LogP contribution in [-0.2, 0) is 15.7 Å². The molecule has 4 rings (SSSR count). The number of benzene rings is 1. The van der Waals surface area contributed by atoms with Gasteiger partial charge in [-0.3, -0.25) is 14.9 Å². The molecule has 2 aliphatic rings. The zero-order valence-corrected chi connectivity index (χ0v) is 20.3. The SMILES string of the molecule is COC(=O)c1nc(N2CCN(c3cccc(C(F)(F)F)c3)CC2)nc(N2CCC(C(=O)O)CC2)c1[N+](=O)[O-]. The summed E-state index contributed by atoms with van der Waals surface area (Å²) >= 11 is 0. The third kappa shape index (κ3) is 5.55. The standard InChI is InChI=1S/C23H25F3N6O6/c1-38-21(35)17-18(32(36)37)19(30-7-5-14(6-8-30)20(33)34)28-22(27-17)31-11-9-29(10-12-31)16-4-2-3-15(13-16)23(24,25)26/h2-4,13-14H,5-12H2,1H3,(H,33,34). The predicted octanol–water partition coefficient (Wildman–Crippen LogP) is 2.82. The summed E-state index contributed by atoms with van der Waals surface area (Å²) in [6.07, 6.45) is -3.98. The van der Waals surface area contributed by atoms with E-state index in [0.717, 1.165) is 19.2 Å². The first-order chi connectivity index (χ1) is 18.0. The summed E-state index contributed by atoms with van der Waals surface area (Å²) in [5.74, 6) is -2.63. The number of esters is 1. The summed E-state index contributed by atoms with van der Waals surface area (Å²) < 4.78 is 44.1. The quantitative estimate of drug-likeness (QED) is 0.330. The Kier molecular flexibility index (Phi) is 7.55. The first-order valence-electron chi connectivity index (χ1n) is 11.8. The van der Waals surface area contributed by atoms with Crippen LogP contribution in [0.2, 0.25) is 0 Å². The Balaban J connectivity index is 1.61. The summed E-state index contributed by atoms with van der Waals surface area (Å²) in [5.41, 5.74) is -1.51. The van der Waals surface area contributed by atoms with E-state index in [0.29, 0.717) is 18.8 Å². The second kappa shape index (κ2) is 10.7. The molecule has 2 aliphatic heterocycles. The van der Waals surface area contributed by atoms with Crippen LogP contribution < -0.4 is 14.7 Å². The highest BCUT2D eigenvalue weighted by Crippen LogP contribution is 2.35. The minimum Gasteiger partial charge on any atom is -0.481 e. The number of aromatic nitrogens is 2. The molecule has 1 aromatic heterocycles. The molecule has 12 nitrogen and oxygen atoms in total. The Morgan fingerprint density at radius 3 is 2.24 bits per heavy atom. The number of methoxy groups -OCH3 is 1. The molecule has 0 unspecified atom stereocenters. The number of anilines is 3. The normalized spacial score (nSPS) is 16.9. The van der Waals surface area contributed by atoms with Gasteiger partial charge in [0.05, 0.1) is 23.5 Å². The number of alkyl halides is 3. The van der Waals surface area contributed by atoms with Gasteiger partial charge in [0.2, 0.25) is 17.5 Å². The first-order valence-corrected chi connectivity index (χ1v) is 11.8. The summed E-state index contributed by atoms with van der Waals surface area (Å²) in [6.45, 7) is 1.53. The van der Waals surface area contributed by atoms with Gasteiger partial charge in [-0.15, -0.1) is 0 Å². The van der Waals surface area contributed by atoms with E-state index in [9.17, 15) is 38.0 Å². The van der Waals surface area contributed by atoms with Crippen molar-refractivity contribution in [3.05, 3.63) is 45.6 Å². The minimum absolute atomic E-state index is 0.0371. The molecule has 1 aromatic carbocycles. The zero-order chi connectivity index (χ0) is 27.6. The van der Waals surface area contributed by atoms with Crippen molar-refractivity contribution in [2.24, 2.45) is 5.92 Å². The van der Waals surface area contributed by atoms with E-state index in [1.165, 1.54) is 6.07 Å². The molecule has 0 spiro atoms. The number of carboxylic acid groups (broad SMARTS) is 1. The Morgan fingerprint density at radius 1 is 1.05 bits per heavy atom. The topological polar surface area (TPSA) is 142 Å². The molecular weight excluding hydrogens is 513 g/mol. The minimum atomic E-state index is -4.47. The number of nitro groups is 1. The molecule has 15 heteroatoms. The number of ether oxygens (including phenoxy) is 1. The lowest BCUT2D eigenvalue weighted by Crippen LogP contribution is -2.47. The van der Waals surface area contributed by atoms with Crippen molar-refractivity contribution in [1.82, 2.24) is 9.97 Å². The number of carbonyl (C=O) groups excluding carboxylic acids is 1. The van der Waals surface area contributed by atoms with Crippen LogP contribution >= 0.6 is 0 Å². The lowest BCUT2D eigenvalue weighted by Gasteiger charge is -2.37. The Morgan fingerprint density at radius 2 is 1.68 bits per heavy atom. The van der Waals surface area contributed by atoms with Crippen molar-refractivity contribution in [3.63, 3.8) is 0 Å². The number of rotatable bonds is 6. The van der Waals surface area contributed by atoms with E-state index in [2.05, 4.69) is 9.97 Å². The maximum absolute atomic E-state index is 13.1. The summed E-state index contributed by atoms with van der Waals surface area (Å²) in [4.78, 5) is 48.6. The van der Waals surface area contributed by atoms with Gasteiger partial charge in [0, 0.05) is 45.0 Å². The van der Waals surface area contributed by atoms with Crippen molar-refractivity contribution in [1.29, 1.82) is 0 Å². The maximum Gasteiger partial charge on any atom is 0.416 e. The van der Waals surface area contributed by atoms with Crippen molar-refractivity contribution in [3.8, 4) is 0 Å². The molecule has 2 fully saturated rings. The van der Waals surface area contributed by atoms with Crippen LogP contribution in [0, 0.1) is 16.0 Å². The van der Waals surface area contributed by atoms with Crippen LogP contribution in [0.1, 0.15) is 28.9 Å². The predicted molar refractivity (Wildman–Crippen MR) is 128 cm³/mol. The van der Waals surface area contributed by atoms with Gasteiger partial charge in [0.15, 0.2) is 0 Å². The number of carbonyl (C=O) groups is 2. The first kappa shape index (κ1) is 26.9. The Hall–Kier alpha value is -4.17. The molecule has 3 heterocycles. The molecule has 0 bridgehead atoms. The molecule has 204 valence electrons. The number of hydrogen-bond acceptors (Lipinski definition) is 10. The average molecular weight is 538 g/mol. The highest BCUT2D eigenvalue weighted by atomic mass is 19.4. The maximum atomic E-state index is 13.1. The monoisotopic (exact) mass is 538 g/mol. The fourth-order valence-electron chi connectivity index (χ4n) is 4.58. The number of piperidine rings is 1. The van der Waals surface area contributed by atoms with Gasteiger partial charge in [0.25, 0.3) is 0 Å². The van der Waals surface area contributed by atoms with Gasteiger partial charge in [-0.05, 0) is 31.0 Å². The third-order valence-corrected chi connectivity index (χ3v) is 6.66. The lowest BCUT2D eigenvalue weighted by atomic mass is 9.97. The van der Waals surface area contributed by atoms with Crippen molar-refractivity contribution in [2.45, 2.75) is 19.0 Å².